The molecule has 101 valence electrons. The van der Waals surface area contributed by atoms with E-state index in [2.05, 4.69) is 0 Å². The molecule has 0 aromatic carbocycles. The topological polar surface area (TPSA) is 60.7 Å². The molecule has 0 saturated carbocycles. The van der Waals surface area contributed by atoms with Crippen LogP contribution in [0, 0.1) is 0 Å². The molecule has 3 nitrogen and oxygen atoms in total. The van der Waals surface area contributed by atoms with Gasteiger partial charge in [0.25, 0.3) is 0 Å². The molecule has 0 fully saturated rings. The molecule has 0 heterocycles. The predicted molar refractivity (Wildman–Crippen MR) is 76.7 cm³/mol. The van der Waals surface area contributed by atoms with E-state index in [0.29, 0.717) is 0 Å². The van der Waals surface area contributed by atoms with Crippen LogP contribution >= 0.6 is 0 Å². The van der Waals surface area contributed by atoms with E-state index in [1.54, 1.807) is 0 Å². The summed E-state index contributed by atoms with van der Waals surface area (Å²) in [7, 11) is -4.83. The van der Waals surface area contributed by atoms with Crippen LogP contribution in [0.4, 0.5) is 0 Å². The van der Waals surface area contributed by atoms with E-state index in [1.807, 2.05) is 58.9 Å². The zero-order chi connectivity index (χ0) is 13.5. The summed E-state index contributed by atoms with van der Waals surface area (Å²) in [5.74, 6) is 0. The van der Waals surface area contributed by atoms with Crippen molar-refractivity contribution in [2.45, 2.75) is 58.9 Å². The van der Waals surface area contributed by atoms with Gasteiger partial charge >= 0.3 is 0 Å². The Bertz CT molecular complexity index is 101. The third kappa shape index (κ3) is 2420. The molecule has 16 heavy (non-hydrogen) atoms. The first-order valence-corrected chi connectivity index (χ1v) is 15.5. The minimum atomic E-state index is -1.61. The molecule has 0 amide bonds. The molecule has 7 heteroatoms. The first kappa shape index (κ1) is 25.8. The van der Waals surface area contributed by atoms with Crippen LogP contribution in [0.3, 0.4) is 0 Å². The maximum atomic E-state index is 8.66. The second kappa shape index (κ2) is 10.1. The summed E-state index contributed by atoms with van der Waals surface area (Å²) in [6.45, 7) is 16.9. The molecule has 0 saturated heterocycles. The second-order valence-corrected chi connectivity index (χ2v) is 19.5. The third-order valence-electron chi connectivity index (χ3n) is 0. The third-order valence-corrected chi connectivity index (χ3v) is 0. The summed E-state index contributed by atoms with van der Waals surface area (Å²) in [5, 5.41) is 0. The van der Waals surface area contributed by atoms with Crippen LogP contribution in [0.15, 0.2) is 0 Å². The van der Waals surface area contributed by atoms with E-state index >= 15 is 0 Å². The molecule has 0 atom stereocenters. The number of hydrogen-bond donors (Lipinski definition) is 3. The molecule has 0 aliphatic carbocycles. The van der Waals surface area contributed by atoms with E-state index in [1.165, 1.54) is 0 Å². The SMILES string of the molecule is C[Si](C)(C)O.C[Si](C)(C)O.C[Si](C)(C)O.[V]. The van der Waals surface area contributed by atoms with Crippen LogP contribution in [0.2, 0.25) is 58.9 Å². The Balaban J connectivity index is -0.0000000655. The summed E-state index contributed by atoms with van der Waals surface area (Å²) in [5.41, 5.74) is 0. The zero-order valence-corrected chi connectivity index (χ0v) is 16.7. The second-order valence-electron chi connectivity index (χ2n) is 6.51. The molecule has 0 spiro atoms. The fourth-order valence-corrected chi connectivity index (χ4v) is 0. The van der Waals surface area contributed by atoms with Gasteiger partial charge in [-0.2, -0.15) is 0 Å². The van der Waals surface area contributed by atoms with Gasteiger partial charge in [0.15, 0.2) is 25.0 Å². The molecule has 0 aliphatic rings. The molecular formula is C9H30O3Si3V. The van der Waals surface area contributed by atoms with Crippen molar-refractivity contribution in [2.24, 2.45) is 0 Å². The van der Waals surface area contributed by atoms with Gasteiger partial charge in [-0.25, -0.2) is 0 Å². The van der Waals surface area contributed by atoms with E-state index in [4.69, 9.17) is 14.4 Å². The zero-order valence-electron chi connectivity index (χ0n) is 12.3. The molecule has 0 bridgehead atoms. The molecular weight excluding hydrogens is 291 g/mol. The Morgan fingerprint density at radius 1 is 0.438 bits per heavy atom. The van der Waals surface area contributed by atoms with Crippen molar-refractivity contribution in [3.8, 4) is 0 Å². The van der Waals surface area contributed by atoms with Gasteiger partial charge < -0.3 is 14.4 Å². The van der Waals surface area contributed by atoms with E-state index < -0.39 is 25.0 Å². The summed E-state index contributed by atoms with van der Waals surface area (Å²) in [6, 6.07) is 0. The van der Waals surface area contributed by atoms with Gasteiger partial charge in [-0.05, 0) is 58.9 Å². The van der Waals surface area contributed by atoms with Crippen molar-refractivity contribution >= 4 is 25.0 Å². The fraction of sp³-hybridized carbons (Fsp3) is 1.00. The van der Waals surface area contributed by atoms with Crippen molar-refractivity contribution in [1.29, 1.82) is 0 Å². The summed E-state index contributed by atoms with van der Waals surface area (Å²) < 4.78 is 0. The van der Waals surface area contributed by atoms with Crippen LogP contribution in [0.5, 0.6) is 0 Å². The Labute approximate surface area is 117 Å². The maximum absolute atomic E-state index is 8.66. The van der Waals surface area contributed by atoms with Crippen LogP contribution in [-0.2, 0) is 18.6 Å². The van der Waals surface area contributed by atoms with Crippen molar-refractivity contribution in [3.05, 3.63) is 0 Å². The van der Waals surface area contributed by atoms with Crippen LogP contribution in [0.1, 0.15) is 0 Å². The van der Waals surface area contributed by atoms with E-state index in [9.17, 15) is 0 Å². The van der Waals surface area contributed by atoms with Gasteiger partial charge in [0.2, 0.25) is 0 Å². The van der Waals surface area contributed by atoms with Gasteiger partial charge in [-0.3, -0.25) is 0 Å². The van der Waals surface area contributed by atoms with Gasteiger partial charge in [0, 0.05) is 18.6 Å². The Hall–Kier alpha value is 1.12. The van der Waals surface area contributed by atoms with Gasteiger partial charge in [0.05, 0.1) is 0 Å². The Morgan fingerprint density at radius 3 is 0.438 bits per heavy atom. The number of rotatable bonds is 0. The summed E-state index contributed by atoms with van der Waals surface area (Å²) in [6.07, 6.45) is 0. The van der Waals surface area contributed by atoms with Crippen LogP contribution in [0.25, 0.3) is 0 Å². The molecule has 3 N–H and O–H groups in total. The van der Waals surface area contributed by atoms with Gasteiger partial charge in [0.1, 0.15) is 0 Å². The maximum Gasteiger partial charge on any atom is 0.179 e. The average molecular weight is 322 g/mol. The van der Waals surface area contributed by atoms with Crippen LogP contribution in [-0.4, -0.2) is 39.3 Å². The quantitative estimate of drug-likeness (QED) is 0.601. The first-order valence-electron chi connectivity index (χ1n) is 5.17. The normalized spacial score (nSPS) is 11.2. The molecule has 0 aromatic heterocycles. The molecule has 0 aromatic rings. The summed E-state index contributed by atoms with van der Waals surface area (Å²) in [4.78, 5) is 26.0. The van der Waals surface area contributed by atoms with Gasteiger partial charge in [-0.1, -0.05) is 0 Å². The fourth-order valence-electron chi connectivity index (χ4n) is 0. The summed E-state index contributed by atoms with van der Waals surface area (Å²) >= 11 is 0. The molecule has 0 aliphatic heterocycles. The minimum absolute atomic E-state index is 0. The molecule has 1 radical (unpaired) electrons. The largest absolute Gasteiger partial charge is 0.433 e. The monoisotopic (exact) mass is 321 g/mol. The molecule has 0 rings (SSSR count). The Morgan fingerprint density at radius 2 is 0.438 bits per heavy atom. The molecule has 0 unspecified atom stereocenters. The standard InChI is InChI=1S/3C3H10OSi.V/c3*1-5(2,3)4;/h3*4H,1-3H3;. The predicted octanol–water partition coefficient (Wildman–Crippen LogP) is 2.44. The minimum Gasteiger partial charge on any atom is -0.433 e. The van der Waals surface area contributed by atoms with Crippen molar-refractivity contribution in [2.75, 3.05) is 0 Å². The van der Waals surface area contributed by atoms with Crippen molar-refractivity contribution in [1.82, 2.24) is 0 Å². The average Bonchev–Trinajstić information content (AvgIpc) is 1.41. The van der Waals surface area contributed by atoms with Crippen molar-refractivity contribution < 1.29 is 32.9 Å². The van der Waals surface area contributed by atoms with E-state index in [-0.39, 0.29) is 18.6 Å². The first-order chi connectivity index (χ1) is 6.00. The van der Waals surface area contributed by atoms with Crippen LogP contribution < -0.4 is 0 Å². The number of hydrogen-bond acceptors (Lipinski definition) is 3. The Kier molecular flexibility index (Phi) is 16.3. The van der Waals surface area contributed by atoms with E-state index in [0.717, 1.165) is 0 Å². The smallest absolute Gasteiger partial charge is 0.179 e. The van der Waals surface area contributed by atoms with Crippen molar-refractivity contribution in [3.63, 3.8) is 0 Å². The van der Waals surface area contributed by atoms with Gasteiger partial charge in [-0.15, -0.1) is 0 Å².